The van der Waals surface area contributed by atoms with Gasteiger partial charge in [-0.15, -0.1) is 0 Å². The average molecular weight is 477 g/mol. The number of benzene rings is 2. The zero-order valence-corrected chi connectivity index (χ0v) is 17.0. The number of hydrogen-bond acceptors (Lipinski definition) is 5. The Hall–Kier alpha value is -2.38. The van der Waals surface area contributed by atoms with Crippen LogP contribution in [0.4, 0.5) is 0 Å². The van der Waals surface area contributed by atoms with Crippen LogP contribution < -0.4 is 5.43 Å². The standard InChI is InChI=1S/C19H15Br2N3O2/c1-11(24-22-10-13-8-15(20)18(25)16(21)9-13)19-23-17(12(2)26-19)14-6-4-3-5-7-14/h3-10,24-25H,1H2,2H3/b22-10+. The molecule has 132 valence electrons. The van der Waals surface area contributed by atoms with Crippen molar-refractivity contribution in [3.05, 3.63) is 75.2 Å². The second-order valence-corrected chi connectivity index (χ2v) is 7.18. The van der Waals surface area contributed by atoms with E-state index in [1.54, 1.807) is 18.3 Å². The van der Waals surface area contributed by atoms with E-state index < -0.39 is 0 Å². The van der Waals surface area contributed by atoms with Gasteiger partial charge in [0.15, 0.2) is 0 Å². The first-order valence-electron chi connectivity index (χ1n) is 7.65. The van der Waals surface area contributed by atoms with Crippen LogP contribution in [0.3, 0.4) is 0 Å². The Balaban J connectivity index is 1.73. The number of oxazole rings is 1. The molecule has 0 radical (unpaired) electrons. The van der Waals surface area contributed by atoms with E-state index >= 15 is 0 Å². The number of nitrogens with one attached hydrogen (secondary N) is 1. The normalized spacial score (nSPS) is 11.0. The van der Waals surface area contributed by atoms with Gasteiger partial charge in [-0.2, -0.15) is 5.10 Å². The van der Waals surface area contributed by atoms with Gasteiger partial charge < -0.3 is 9.52 Å². The van der Waals surface area contributed by atoms with Gasteiger partial charge in [-0.3, -0.25) is 5.43 Å². The number of phenols is 1. The highest BCUT2D eigenvalue weighted by atomic mass is 79.9. The molecule has 26 heavy (non-hydrogen) atoms. The molecule has 0 unspecified atom stereocenters. The van der Waals surface area contributed by atoms with E-state index in [-0.39, 0.29) is 5.75 Å². The average Bonchev–Trinajstić information content (AvgIpc) is 3.02. The minimum absolute atomic E-state index is 0.142. The molecule has 2 N–H and O–H groups in total. The molecule has 0 aliphatic carbocycles. The maximum absolute atomic E-state index is 9.73. The fraction of sp³-hybridized carbons (Fsp3) is 0.0526. The number of aryl methyl sites for hydroxylation is 1. The van der Waals surface area contributed by atoms with Crippen LogP contribution in [0.5, 0.6) is 5.75 Å². The SMILES string of the molecule is C=C(N/N=C/c1cc(Br)c(O)c(Br)c1)c1nc(-c2ccccc2)c(C)o1. The lowest BCUT2D eigenvalue weighted by Crippen LogP contribution is -2.04. The molecule has 0 saturated heterocycles. The molecular formula is C19H15Br2N3O2. The third-order valence-corrected chi connectivity index (χ3v) is 4.76. The minimum Gasteiger partial charge on any atom is -0.506 e. The van der Waals surface area contributed by atoms with Crippen molar-refractivity contribution in [3.63, 3.8) is 0 Å². The van der Waals surface area contributed by atoms with Crippen molar-refractivity contribution in [1.82, 2.24) is 10.4 Å². The van der Waals surface area contributed by atoms with Gasteiger partial charge in [-0.1, -0.05) is 36.9 Å². The van der Waals surface area contributed by atoms with Gasteiger partial charge in [-0.25, -0.2) is 4.98 Å². The monoisotopic (exact) mass is 475 g/mol. The lowest BCUT2D eigenvalue weighted by molar-refractivity contribution is 0.468. The lowest BCUT2D eigenvalue weighted by Gasteiger charge is -2.03. The summed E-state index contributed by atoms with van der Waals surface area (Å²) in [6, 6.07) is 13.3. The molecule has 0 atom stereocenters. The number of hydrazone groups is 1. The van der Waals surface area contributed by atoms with Gasteiger partial charge in [0.2, 0.25) is 5.89 Å². The maximum atomic E-state index is 9.73. The second-order valence-electron chi connectivity index (χ2n) is 5.47. The summed E-state index contributed by atoms with van der Waals surface area (Å²) in [6.45, 7) is 5.78. The fourth-order valence-corrected chi connectivity index (χ4v) is 3.50. The zero-order chi connectivity index (χ0) is 18.7. The summed E-state index contributed by atoms with van der Waals surface area (Å²) in [5, 5.41) is 13.9. The maximum Gasteiger partial charge on any atom is 0.244 e. The summed E-state index contributed by atoms with van der Waals surface area (Å²) < 4.78 is 6.84. The van der Waals surface area contributed by atoms with E-state index in [0.29, 0.717) is 26.3 Å². The molecular weight excluding hydrogens is 462 g/mol. The number of aromatic hydroxyl groups is 1. The molecule has 0 fully saturated rings. The minimum atomic E-state index is 0.142. The Morgan fingerprint density at radius 1 is 1.23 bits per heavy atom. The van der Waals surface area contributed by atoms with Crippen LogP contribution in [0.2, 0.25) is 0 Å². The summed E-state index contributed by atoms with van der Waals surface area (Å²) in [4.78, 5) is 4.49. The van der Waals surface area contributed by atoms with Gasteiger partial charge >= 0.3 is 0 Å². The zero-order valence-electron chi connectivity index (χ0n) is 13.8. The Kier molecular flexibility index (Phi) is 5.58. The first kappa shape index (κ1) is 18.4. The van der Waals surface area contributed by atoms with Gasteiger partial charge in [0.05, 0.1) is 15.2 Å². The molecule has 0 aliphatic heterocycles. The predicted molar refractivity (Wildman–Crippen MR) is 110 cm³/mol. The highest BCUT2D eigenvalue weighted by Crippen LogP contribution is 2.32. The molecule has 0 aliphatic rings. The van der Waals surface area contributed by atoms with Crippen molar-refractivity contribution >= 4 is 43.8 Å². The molecule has 3 aromatic rings. The molecule has 2 aromatic carbocycles. The Morgan fingerprint density at radius 3 is 2.54 bits per heavy atom. The second kappa shape index (κ2) is 7.88. The fourth-order valence-electron chi connectivity index (χ4n) is 2.28. The van der Waals surface area contributed by atoms with Gasteiger partial charge in [0.1, 0.15) is 22.9 Å². The van der Waals surface area contributed by atoms with Crippen molar-refractivity contribution in [2.75, 3.05) is 0 Å². The van der Waals surface area contributed by atoms with Gasteiger partial charge in [0, 0.05) is 5.56 Å². The third-order valence-electron chi connectivity index (χ3n) is 3.55. The Morgan fingerprint density at radius 2 is 1.88 bits per heavy atom. The van der Waals surface area contributed by atoms with E-state index in [1.165, 1.54) is 0 Å². The van der Waals surface area contributed by atoms with E-state index in [9.17, 15) is 5.11 Å². The smallest absolute Gasteiger partial charge is 0.244 e. The van der Waals surface area contributed by atoms with E-state index in [1.807, 2.05) is 37.3 Å². The largest absolute Gasteiger partial charge is 0.506 e. The van der Waals surface area contributed by atoms with Crippen LogP contribution in [0.25, 0.3) is 17.0 Å². The van der Waals surface area contributed by atoms with Crippen LogP contribution in [0, 0.1) is 6.92 Å². The number of halogens is 2. The van der Waals surface area contributed by atoms with Crippen LogP contribution in [-0.4, -0.2) is 16.3 Å². The number of rotatable bonds is 5. The van der Waals surface area contributed by atoms with Crippen molar-refractivity contribution in [2.45, 2.75) is 6.92 Å². The van der Waals surface area contributed by atoms with Gasteiger partial charge in [0.25, 0.3) is 0 Å². The van der Waals surface area contributed by atoms with E-state index in [0.717, 1.165) is 16.8 Å². The van der Waals surface area contributed by atoms with Crippen LogP contribution in [-0.2, 0) is 0 Å². The summed E-state index contributed by atoms with van der Waals surface area (Å²) in [5.41, 5.74) is 5.81. The molecule has 1 heterocycles. The van der Waals surface area contributed by atoms with Crippen molar-refractivity contribution in [1.29, 1.82) is 0 Å². The van der Waals surface area contributed by atoms with E-state index in [4.69, 9.17) is 4.42 Å². The first-order chi connectivity index (χ1) is 12.5. The van der Waals surface area contributed by atoms with Crippen molar-refractivity contribution in [2.24, 2.45) is 5.10 Å². The quantitative estimate of drug-likeness (QED) is 0.378. The number of phenolic OH excluding ortho intramolecular Hbond substituents is 1. The predicted octanol–water partition coefficient (Wildman–Crippen LogP) is 5.48. The van der Waals surface area contributed by atoms with Crippen molar-refractivity contribution < 1.29 is 9.52 Å². The van der Waals surface area contributed by atoms with Crippen molar-refractivity contribution in [3.8, 4) is 17.0 Å². The summed E-state index contributed by atoms with van der Waals surface area (Å²) in [5.74, 6) is 1.24. The Labute approximate surface area is 167 Å². The Bertz CT molecular complexity index is 959. The highest BCUT2D eigenvalue weighted by Gasteiger charge is 2.13. The number of nitrogens with zero attached hydrogens (tertiary/aromatic N) is 2. The van der Waals surface area contributed by atoms with Crippen LogP contribution in [0.1, 0.15) is 17.2 Å². The lowest BCUT2D eigenvalue weighted by atomic mass is 10.1. The summed E-state index contributed by atoms with van der Waals surface area (Å²) >= 11 is 6.57. The van der Waals surface area contributed by atoms with Gasteiger partial charge in [-0.05, 0) is 56.5 Å². The number of aromatic nitrogens is 1. The van der Waals surface area contributed by atoms with Crippen LogP contribution in [0.15, 0.2) is 67.5 Å². The number of hydrogen-bond donors (Lipinski definition) is 2. The molecule has 1 aromatic heterocycles. The third kappa shape index (κ3) is 4.05. The molecule has 0 amide bonds. The summed E-state index contributed by atoms with van der Waals surface area (Å²) in [6.07, 6.45) is 1.61. The molecule has 0 bridgehead atoms. The van der Waals surface area contributed by atoms with Crippen LogP contribution >= 0.6 is 31.9 Å². The highest BCUT2D eigenvalue weighted by molar-refractivity contribution is 9.11. The van der Waals surface area contributed by atoms with E-state index in [2.05, 4.69) is 54.0 Å². The molecule has 7 heteroatoms. The molecule has 0 saturated carbocycles. The molecule has 5 nitrogen and oxygen atoms in total. The topological polar surface area (TPSA) is 70.7 Å². The molecule has 0 spiro atoms. The molecule has 3 rings (SSSR count). The first-order valence-corrected chi connectivity index (χ1v) is 9.23. The summed E-state index contributed by atoms with van der Waals surface area (Å²) in [7, 11) is 0.